The Morgan fingerprint density at radius 1 is 0.929 bits per heavy atom. The van der Waals surface area contributed by atoms with Gasteiger partial charge in [0.05, 0.1) is 0 Å². The van der Waals surface area contributed by atoms with Crippen LogP contribution in [0.5, 0.6) is 0 Å². The Hall–Kier alpha value is 0.339. The van der Waals surface area contributed by atoms with E-state index in [1.807, 2.05) is 0 Å². The minimum atomic E-state index is -4.58. The second-order valence-electron chi connectivity index (χ2n) is 3.24. The van der Waals surface area contributed by atoms with Gasteiger partial charge in [-0.15, -0.1) is 0 Å². The summed E-state index contributed by atoms with van der Waals surface area (Å²) in [7, 11) is 0.924. The minimum absolute atomic E-state index is 0.924. The van der Waals surface area contributed by atoms with Crippen molar-refractivity contribution in [1.29, 1.82) is 0 Å². The number of alkyl halides is 6. The molecule has 0 aliphatic carbocycles. The van der Waals surface area contributed by atoms with Crippen LogP contribution < -0.4 is 0 Å². The van der Waals surface area contributed by atoms with Crippen LogP contribution in [0.4, 0.5) is 26.3 Å². The summed E-state index contributed by atoms with van der Waals surface area (Å²) in [6.07, 6.45) is -9.15. The molecular weight excluding hydrogens is 321 g/mol. The van der Waals surface area contributed by atoms with E-state index in [9.17, 15) is 26.3 Å². The van der Waals surface area contributed by atoms with Crippen molar-refractivity contribution < 1.29 is 29.4 Å². The van der Waals surface area contributed by atoms with Gasteiger partial charge in [0, 0.05) is 0 Å². The van der Waals surface area contributed by atoms with Crippen LogP contribution in [0, 0.1) is 0 Å². The van der Waals surface area contributed by atoms with Crippen molar-refractivity contribution in [3.63, 3.8) is 0 Å². The number of hydrogen-bond acceptors (Lipinski definition) is 1. The zero-order chi connectivity index (χ0) is 11.6. The summed E-state index contributed by atoms with van der Waals surface area (Å²) in [5.74, 6) is 0. The van der Waals surface area contributed by atoms with Crippen LogP contribution >= 0.6 is 0 Å². The van der Waals surface area contributed by atoms with Crippen molar-refractivity contribution in [2.24, 2.45) is 0 Å². The van der Waals surface area contributed by atoms with Crippen molar-refractivity contribution in [2.75, 3.05) is 7.11 Å². The Morgan fingerprint density at radius 3 is 1.36 bits per heavy atom. The van der Waals surface area contributed by atoms with Crippen molar-refractivity contribution in [2.45, 2.75) is 26.2 Å². The van der Waals surface area contributed by atoms with Gasteiger partial charge in [-0.05, 0) is 0 Å². The van der Waals surface area contributed by atoms with Gasteiger partial charge in [0.2, 0.25) is 0 Å². The summed E-state index contributed by atoms with van der Waals surface area (Å²) < 4.78 is 73.2. The van der Waals surface area contributed by atoms with Gasteiger partial charge in [0.1, 0.15) is 0 Å². The summed E-state index contributed by atoms with van der Waals surface area (Å²) in [6.45, 7) is 0. The molecule has 0 rings (SSSR count). The molecule has 0 unspecified atom stereocenters. The molecule has 0 aromatic rings. The molecule has 0 atom stereocenters. The SMILES string of the molecule is C[O][Sn]([CH3])([CH2]C(F)(F)F)[CH2]C(F)(F)F. The molecule has 86 valence electrons. The molecule has 0 aromatic heterocycles. The number of hydrogen-bond donors (Lipinski definition) is 0. The molecule has 0 radical (unpaired) electrons. The molecular formula is C6H10F6OSn. The molecule has 0 fully saturated rings. The first kappa shape index (κ1) is 14.3. The fourth-order valence-corrected chi connectivity index (χ4v) is 7.08. The molecule has 0 aliphatic heterocycles. The van der Waals surface area contributed by atoms with Gasteiger partial charge in [-0.3, -0.25) is 0 Å². The Bertz CT molecular complexity index is 170. The Kier molecular flexibility index (Phi) is 4.57. The molecule has 0 bridgehead atoms. The van der Waals surface area contributed by atoms with E-state index in [1.54, 1.807) is 0 Å². The summed E-state index contributed by atoms with van der Waals surface area (Å²) in [5.41, 5.74) is 0. The Labute approximate surface area is 81.8 Å². The summed E-state index contributed by atoms with van der Waals surface area (Å²) in [6, 6.07) is 0. The third-order valence-corrected chi connectivity index (χ3v) is 11.0. The molecule has 14 heavy (non-hydrogen) atoms. The van der Waals surface area contributed by atoms with E-state index < -0.39 is 40.0 Å². The van der Waals surface area contributed by atoms with Crippen LogP contribution in [0.1, 0.15) is 0 Å². The zero-order valence-electron chi connectivity index (χ0n) is 7.59. The molecule has 0 heterocycles. The first-order valence-corrected chi connectivity index (χ1v) is 11.7. The van der Waals surface area contributed by atoms with Crippen molar-refractivity contribution >= 4 is 18.8 Å². The molecule has 1 nitrogen and oxygen atoms in total. The quantitative estimate of drug-likeness (QED) is 0.569. The van der Waals surface area contributed by atoms with Gasteiger partial charge in [0.25, 0.3) is 0 Å². The third kappa shape index (κ3) is 6.74. The van der Waals surface area contributed by atoms with Crippen LogP contribution in [-0.2, 0) is 3.07 Å². The van der Waals surface area contributed by atoms with E-state index in [4.69, 9.17) is 0 Å². The predicted octanol–water partition coefficient (Wildman–Crippen LogP) is 3.33. The normalized spacial score (nSPS) is 14.6. The van der Waals surface area contributed by atoms with Crippen molar-refractivity contribution in [3.05, 3.63) is 0 Å². The summed E-state index contributed by atoms with van der Waals surface area (Å²) >= 11 is -4.51. The standard InChI is InChI=1S/2C2H2F3.CH3O.CH3.Sn/c2*1-2(3,4)5;1-2;;/h2*1H2;1H3;1H3;/q;;-1;;+1. The average Bonchev–Trinajstić information content (AvgIpc) is 1.78. The van der Waals surface area contributed by atoms with Crippen LogP contribution in [0.2, 0.25) is 13.8 Å². The monoisotopic (exact) mass is 332 g/mol. The fraction of sp³-hybridized carbons (Fsp3) is 1.00. The van der Waals surface area contributed by atoms with Crippen LogP contribution in [0.25, 0.3) is 0 Å². The second kappa shape index (κ2) is 4.46. The van der Waals surface area contributed by atoms with Gasteiger partial charge in [-0.25, -0.2) is 0 Å². The van der Waals surface area contributed by atoms with Crippen LogP contribution in [0.3, 0.4) is 0 Å². The number of halogens is 6. The van der Waals surface area contributed by atoms with Crippen molar-refractivity contribution in [3.8, 4) is 0 Å². The molecule has 8 heteroatoms. The maximum absolute atomic E-state index is 11.9. The zero-order valence-corrected chi connectivity index (χ0v) is 10.4. The molecule has 0 spiro atoms. The molecule has 0 amide bonds. The fourth-order valence-electron chi connectivity index (χ4n) is 1.05. The van der Waals surface area contributed by atoms with E-state index in [2.05, 4.69) is 3.07 Å². The van der Waals surface area contributed by atoms with Gasteiger partial charge in [-0.1, -0.05) is 0 Å². The molecule has 0 N–H and O–H groups in total. The Balaban J connectivity index is 4.49. The van der Waals surface area contributed by atoms with E-state index in [1.165, 1.54) is 0 Å². The maximum atomic E-state index is 11.9. The molecule has 0 aliphatic rings. The second-order valence-corrected chi connectivity index (χ2v) is 14.7. The molecule has 0 saturated carbocycles. The van der Waals surface area contributed by atoms with E-state index in [0.717, 1.165) is 12.0 Å². The van der Waals surface area contributed by atoms with Crippen molar-refractivity contribution in [1.82, 2.24) is 0 Å². The van der Waals surface area contributed by atoms with E-state index in [-0.39, 0.29) is 0 Å². The first-order valence-electron chi connectivity index (χ1n) is 3.66. The van der Waals surface area contributed by atoms with E-state index >= 15 is 0 Å². The molecule has 0 aromatic carbocycles. The first-order chi connectivity index (χ1) is 5.97. The predicted molar refractivity (Wildman–Crippen MR) is 40.4 cm³/mol. The summed E-state index contributed by atoms with van der Waals surface area (Å²) in [5, 5.41) is 0. The van der Waals surface area contributed by atoms with Gasteiger partial charge >= 0.3 is 81.5 Å². The average molecular weight is 331 g/mol. The summed E-state index contributed by atoms with van der Waals surface area (Å²) in [4.78, 5) is 0.996. The van der Waals surface area contributed by atoms with Crippen LogP contribution in [0.15, 0.2) is 0 Å². The Morgan fingerprint density at radius 2 is 1.21 bits per heavy atom. The molecule has 0 saturated heterocycles. The van der Waals surface area contributed by atoms with Crippen LogP contribution in [-0.4, -0.2) is 38.3 Å². The number of rotatable bonds is 3. The van der Waals surface area contributed by atoms with Gasteiger partial charge in [0.15, 0.2) is 0 Å². The third-order valence-electron chi connectivity index (χ3n) is 1.64. The van der Waals surface area contributed by atoms with Gasteiger partial charge in [-0.2, -0.15) is 0 Å². The topological polar surface area (TPSA) is 9.23 Å². The van der Waals surface area contributed by atoms with Gasteiger partial charge < -0.3 is 0 Å². The van der Waals surface area contributed by atoms with E-state index in [0.29, 0.717) is 0 Å².